The molecule has 1 aromatic rings. The van der Waals surface area contributed by atoms with Crippen LogP contribution >= 0.6 is 0 Å². The van der Waals surface area contributed by atoms with E-state index >= 15 is 0 Å². The second kappa shape index (κ2) is 9.23. The van der Waals surface area contributed by atoms with Gasteiger partial charge in [0.15, 0.2) is 5.60 Å². The Bertz CT molecular complexity index is 535. The largest absolute Gasteiger partial charge is 0.421 e. The van der Waals surface area contributed by atoms with Gasteiger partial charge in [-0.25, -0.2) is 0 Å². The first-order chi connectivity index (χ1) is 12.3. The fraction of sp³-hybridized carbons (Fsp3) is 0.714. The molecule has 0 amide bonds. The Morgan fingerprint density at radius 1 is 1.08 bits per heavy atom. The molecule has 0 spiro atoms. The van der Waals surface area contributed by atoms with Crippen molar-refractivity contribution in [1.82, 2.24) is 0 Å². The number of hydrogen-bond acceptors (Lipinski definition) is 2. The highest BCUT2D eigenvalue weighted by atomic mass is 19.4. The molecule has 0 radical (unpaired) electrons. The van der Waals surface area contributed by atoms with Gasteiger partial charge in [0.05, 0.1) is 6.61 Å². The predicted molar refractivity (Wildman–Crippen MR) is 97.0 cm³/mol. The summed E-state index contributed by atoms with van der Waals surface area (Å²) in [6.45, 7) is 5.33. The molecule has 1 aliphatic carbocycles. The number of rotatable bonds is 8. The third-order valence-electron chi connectivity index (χ3n) is 5.69. The van der Waals surface area contributed by atoms with Crippen LogP contribution in [0.1, 0.15) is 76.3 Å². The van der Waals surface area contributed by atoms with Crippen LogP contribution in [0.2, 0.25) is 0 Å². The van der Waals surface area contributed by atoms with Crippen LogP contribution in [0.5, 0.6) is 0 Å². The number of hydrogen-bond donors (Lipinski definition) is 0. The maximum atomic E-state index is 13.7. The fourth-order valence-corrected chi connectivity index (χ4v) is 3.42. The molecule has 0 aromatic heterocycles. The average Bonchev–Trinajstić information content (AvgIpc) is 2.64. The molecule has 2 rings (SSSR count). The van der Waals surface area contributed by atoms with Gasteiger partial charge in [0, 0.05) is 0 Å². The molecule has 1 aromatic carbocycles. The van der Waals surface area contributed by atoms with E-state index in [1.54, 1.807) is 12.1 Å². The predicted octanol–water partition coefficient (Wildman–Crippen LogP) is 6.55. The number of halogens is 3. The van der Waals surface area contributed by atoms with Crippen LogP contribution in [0.4, 0.5) is 13.2 Å². The summed E-state index contributed by atoms with van der Waals surface area (Å²) in [5, 5.41) is 0. The molecule has 1 aliphatic rings. The first-order valence-electron chi connectivity index (χ1n) is 9.66. The molecule has 0 heterocycles. The fourth-order valence-electron chi connectivity index (χ4n) is 3.42. The van der Waals surface area contributed by atoms with Crippen molar-refractivity contribution in [2.75, 3.05) is 13.4 Å². The van der Waals surface area contributed by atoms with E-state index in [1.165, 1.54) is 31.4 Å². The molecule has 2 unspecified atom stereocenters. The first-order valence-corrected chi connectivity index (χ1v) is 9.66. The molecule has 26 heavy (non-hydrogen) atoms. The minimum Gasteiger partial charge on any atom is -0.355 e. The van der Waals surface area contributed by atoms with Gasteiger partial charge in [0.2, 0.25) is 0 Å². The topological polar surface area (TPSA) is 18.5 Å². The van der Waals surface area contributed by atoms with E-state index in [-0.39, 0.29) is 12.4 Å². The molecule has 2 atom stereocenters. The van der Waals surface area contributed by atoms with Crippen molar-refractivity contribution in [2.24, 2.45) is 5.92 Å². The van der Waals surface area contributed by atoms with E-state index in [4.69, 9.17) is 9.47 Å². The Balaban J connectivity index is 2.00. The summed E-state index contributed by atoms with van der Waals surface area (Å²) in [5.74, 6) is 0.764. The standard InChI is InChI=1S/C21H31F3O2/c1-4-16(2)18-10-12-19(13-11-18)20(3,21(22,23)24)26-15-25-14-17-8-6-5-7-9-17/h10-13,16-17H,4-9,14-15H2,1-3H3. The van der Waals surface area contributed by atoms with Crippen molar-refractivity contribution in [2.45, 2.75) is 77.0 Å². The van der Waals surface area contributed by atoms with Crippen molar-refractivity contribution in [3.05, 3.63) is 35.4 Å². The molecule has 1 fully saturated rings. The molecule has 148 valence electrons. The highest BCUT2D eigenvalue weighted by Gasteiger charge is 2.53. The second-order valence-corrected chi connectivity index (χ2v) is 7.60. The van der Waals surface area contributed by atoms with Crippen LogP contribution in [0.3, 0.4) is 0 Å². The maximum absolute atomic E-state index is 13.7. The maximum Gasteiger partial charge on any atom is 0.421 e. The van der Waals surface area contributed by atoms with E-state index in [0.717, 1.165) is 31.7 Å². The minimum absolute atomic E-state index is 0.110. The second-order valence-electron chi connectivity index (χ2n) is 7.60. The minimum atomic E-state index is -4.51. The van der Waals surface area contributed by atoms with E-state index in [2.05, 4.69) is 13.8 Å². The normalized spacial score (nSPS) is 19.9. The van der Waals surface area contributed by atoms with Crippen LogP contribution in [0.25, 0.3) is 0 Å². The van der Waals surface area contributed by atoms with Crippen LogP contribution in [0, 0.1) is 5.92 Å². The molecule has 0 N–H and O–H groups in total. The number of benzene rings is 1. The summed E-state index contributed by atoms with van der Waals surface area (Å²) in [6, 6.07) is 6.58. The zero-order valence-corrected chi connectivity index (χ0v) is 16.1. The van der Waals surface area contributed by atoms with Crippen LogP contribution in [-0.2, 0) is 15.1 Å². The van der Waals surface area contributed by atoms with Gasteiger partial charge in [-0.1, -0.05) is 57.4 Å². The highest BCUT2D eigenvalue weighted by molar-refractivity contribution is 5.30. The van der Waals surface area contributed by atoms with Gasteiger partial charge >= 0.3 is 6.18 Å². The third kappa shape index (κ3) is 5.23. The lowest BCUT2D eigenvalue weighted by Gasteiger charge is -2.33. The molecule has 5 heteroatoms. The molecule has 1 saturated carbocycles. The van der Waals surface area contributed by atoms with Gasteiger partial charge in [0.25, 0.3) is 0 Å². The average molecular weight is 372 g/mol. The lowest BCUT2D eigenvalue weighted by Crippen LogP contribution is -2.42. The molecule has 0 saturated heterocycles. The van der Waals surface area contributed by atoms with Gasteiger partial charge in [-0.05, 0) is 49.1 Å². The summed E-state index contributed by atoms with van der Waals surface area (Å²) in [7, 11) is 0. The van der Waals surface area contributed by atoms with Crippen molar-refractivity contribution in [3.63, 3.8) is 0 Å². The summed E-state index contributed by atoms with van der Waals surface area (Å²) in [5.41, 5.74) is -1.22. The van der Waals surface area contributed by atoms with Gasteiger partial charge < -0.3 is 9.47 Å². The van der Waals surface area contributed by atoms with Gasteiger partial charge in [-0.2, -0.15) is 13.2 Å². The smallest absolute Gasteiger partial charge is 0.355 e. The van der Waals surface area contributed by atoms with Crippen LogP contribution < -0.4 is 0 Å². The Kier molecular flexibility index (Phi) is 7.53. The highest BCUT2D eigenvalue weighted by Crippen LogP contribution is 2.42. The lowest BCUT2D eigenvalue weighted by atomic mass is 9.90. The molecule has 2 nitrogen and oxygen atoms in total. The summed E-state index contributed by atoms with van der Waals surface area (Å²) in [4.78, 5) is 0. The first kappa shape index (κ1) is 21.2. The Morgan fingerprint density at radius 2 is 1.69 bits per heavy atom. The molecule has 0 bridgehead atoms. The van der Waals surface area contributed by atoms with E-state index in [1.807, 2.05) is 0 Å². The zero-order valence-electron chi connectivity index (χ0n) is 16.1. The number of ether oxygens (including phenoxy) is 2. The van der Waals surface area contributed by atoms with E-state index < -0.39 is 11.8 Å². The zero-order chi connectivity index (χ0) is 19.2. The Morgan fingerprint density at radius 3 is 2.23 bits per heavy atom. The number of alkyl halides is 3. The molecular formula is C21H31F3O2. The van der Waals surface area contributed by atoms with Crippen molar-refractivity contribution >= 4 is 0 Å². The quantitative estimate of drug-likeness (QED) is 0.380. The van der Waals surface area contributed by atoms with Crippen molar-refractivity contribution < 1.29 is 22.6 Å². The molecular weight excluding hydrogens is 341 g/mol. The van der Waals surface area contributed by atoms with E-state index in [9.17, 15) is 13.2 Å². The van der Waals surface area contributed by atoms with Crippen LogP contribution in [-0.4, -0.2) is 19.6 Å². The van der Waals surface area contributed by atoms with Gasteiger partial charge in [0.1, 0.15) is 6.79 Å². The van der Waals surface area contributed by atoms with Crippen molar-refractivity contribution in [1.29, 1.82) is 0 Å². The van der Waals surface area contributed by atoms with Crippen LogP contribution in [0.15, 0.2) is 24.3 Å². The monoisotopic (exact) mass is 372 g/mol. The SMILES string of the molecule is CCC(C)c1ccc(C(C)(OCOCC2CCCCC2)C(F)(F)F)cc1. The third-order valence-corrected chi connectivity index (χ3v) is 5.69. The summed E-state index contributed by atoms with van der Waals surface area (Å²) < 4.78 is 51.8. The van der Waals surface area contributed by atoms with Gasteiger partial charge in [-0.3, -0.25) is 0 Å². The Labute approximate surface area is 155 Å². The van der Waals surface area contributed by atoms with Gasteiger partial charge in [-0.15, -0.1) is 0 Å². The van der Waals surface area contributed by atoms with Crippen molar-refractivity contribution in [3.8, 4) is 0 Å². The lowest BCUT2D eigenvalue weighted by molar-refractivity contribution is -0.299. The summed E-state index contributed by atoms with van der Waals surface area (Å²) >= 11 is 0. The Hall–Kier alpha value is -1.07. The van der Waals surface area contributed by atoms with E-state index in [0.29, 0.717) is 18.4 Å². The summed E-state index contributed by atoms with van der Waals surface area (Å²) in [6.07, 6.45) is 2.21. The molecule has 0 aliphatic heterocycles.